The lowest BCUT2D eigenvalue weighted by molar-refractivity contribution is -0.925. The molecule has 2 aromatic carbocycles. The molecule has 8 heteroatoms. The summed E-state index contributed by atoms with van der Waals surface area (Å²) in [5, 5.41) is 0. The van der Waals surface area contributed by atoms with Crippen molar-refractivity contribution in [1.82, 2.24) is 4.72 Å². The molecule has 1 unspecified atom stereocenters. The summed E-state index contributed by atoms with van der Waals surface area (Å²) >= 11 is 0. The van der Waals surface area contributed by atoms with E-state index in [4.69, 9.17) is 9.47 Å². The number of amides is 1. The molecule has 0 spiro atoms. The summed E-state index contributed by atoms with van der Waals surface area (Å²) < 4.78 is 37.1. The quantitative estimate of drug-likeness (QED) is 0.746. The van der Waals surface area contributed by atoms with Gasteiger partial charge in [0.25, 0.3) is 10.0 Å². The first-order chi connectivity index (χ1) is 13.4. The minimum absolute atomic E-state index is 0.00748. The number of hydrogen-bond donors (Lipinski definition) is 2. The maximum absolute atomic E-state index is 12.2. The van der Waals surface area contributed by atoms with Crippen molar-refractivity contribution in [3.05, 3.63) is 65.7 Å². The Bertz CT molecular complexity index is 885. The summed E-state index contributed by atoms with van der Waals surface area (Å²) in [5.74, 6) is 0. The number of sulfonamides is 1. The van der Waals surface area contributed by atoms with Crippen LogP contribution in [-0.2, 0) is 26.0 Å². The molecule has 1 aliphatic heterocycles. The first-order valence-corrected chi connectivity index (χ1v) is 10.7. The normalized spacial score (nSPS) is 19.8. The molecular formula is C20H25N2O5S+. The lowest BCUT2D eigenvalue weighted by Gasteiger charge is -2.29. The predicted molar refractivity (Wildman–Crippen MR) is 103 cm³/mol. The fourth-order valence-electron chi connectivity index (χ4n) is 3.09. The highest BCUT2D eigenvalue weighted by Crippen LogP contribution is 2.10. The van der Waals surface area contributed by atoms with Gasteiger partial charge in [0.15, 0.2) is 0 Å². The molecule has 28 heavy (non-hydrogen) atoms. The van der Waals surface area contributed by atoms with Crippen LogP contribution in [0.2, 0.25) is 0 Å². The average molecular weight is 405 g/mol. The van der Waals surface area contributed by atoms with Gasteiger partial charge in [0.2, 0.25) is 0 Å². The Hall–Kier alpha value is -2.42. The van der Waals surface area contributed by atoms with Gasteiger partial charge in [-0.2, -0.15) is 0 Å². The van der Waals surface area contributed by atoms with Crippen LogP contribution in [0.1, 0.15) is 11.1 Å². The van der Waals surface area contributed by atoms with E-state index in [-0.39, 0.29) is 17.6 Å². The van der Waals surface area contributed by atoms with E-state index in [0.29, 0.717) is 13.2 Å². The lowest BCUT2D eigenvalue weighted by atomic mass is 10.2. The number of aryl methyl sites for hydroxylation is 1. The zero-order valence-electron chi connectivity index (χ0n) is 15.8. The summed E-state index contributed by atoms with van der Waals surface area (Å²) in [7, 11) is -3.95. The Morgan fingerprint density at radius 1 is 1.18 bits per heavy atom. The number of carbonyl (C=O) groups excluding carboxylic acids is 1. The van der Waals surface area contributed by atoms with E-state index in [9.17, 15) is 13.2 Å². The van der Waals surface area contributed by atoms with Gasteiger partial charge in [-0.15, -0.1) is 0 Å². The number of benzene rings is 2. The van der Waals surface area contributed by atoms with E-state index in [1.165, 1.54) is 22.6 Å². The van der Waals surface area contributed by atoms with Crippen LogP contribution >= 0.6 is 0 Å². The van der Waals surface area contributed by atoms with Crippen molar-refractivity contribution in [2.45, 2.75) is 24.5 Å². The van der Waals surface area contributed by atoms with Gasteiger partial charge in [-0.05, 0) is 19.1 Å². The third-order valence-corrected chi connectivity index (χ3v) is 5.90. The monoisotopic (exact) mass is 405 g/mol. The molecular weight excluding hydrogens is 380 g/mol. The third kappa shape index (κ3) is 5.79. The van der Waals surface area contributed by atoms with Gasteiger partial charge in [0.05, 0.1) is 11.5 Å². The zero-order chi connectivity index (χ0) is 20.0. The van der Waals surface area contributed by atoms with Gasteiger partial charge >= 0.3 is 6.09 Å². The second-order valence-corrected chi connectivity index (χ2v) is 8.56. The topological polar surface area (TPSA) is 86.1 Å². The molecule has 0 saturated carbocycles. The molecule has 0 aromatic heterocycles. The Morgan fingerprint density at radius 3 is 2.61 bits per heavy atom. The number of morpholine rings is 1. The van der Waals surface area contributed by atoms with Crippen LogP contribution in [-0.4, -0.2) is 46.9 Å². The predicted octanol–water partition coefficient (Wildman–Crippen LogP) is 0.894. The van der Waals surface area contributed by atoms with Gasteiger partial charge in [-0.3, -0.25) is 0 Å². The van der Waals surface area contributed by atoms with Crippen LogP contribution in [0, 0.1) is 6.92 Å². The van der Waals surface area contributed by atoms with E-state index in [1.807, 2.05) is 29.8 Å². The fraction of sp³-hybridized carbons (Fsp3) is 0.350. The largest absolute Gasteiger partial charge is 0.446 e. The van der Waals surface area contributed by atoms with Crippen molar-refractivity contribution in [1.29, 1.82) is 0 Å². The van der Waals surface area contributed by atoms with Crippen LogP contribution in [0.5, 0.6) is 0 Å². The first-order valence-electron chi connectivity index (χ1n) is 9.18. The molecule has 0 bridgehead atoms. The van der Waals surface area contributed by atoms with Crippen molar-refractivity contribution in [2.75, 3.05) is 26.3 Å². The molecule has 0 radical (unpaired) electrons. The highest BCUT2D eigenvalue weighted by molar-refractivity contribution is 7.90. The Labute approximate surface area is 165 Å². The van der Waals surface area contributed by atoms with Gasteiger partial charge in [-0.1, -0.05) is 48.0 Å². The van der Waals surface area contributed by atoms with Crippen molar-refractivity contribution >= 4 is 16.1 Å². The third-order valence-electron chi connectivity index (χ3n) is 4.57. The summed E-state index contributed by atoms with van der Waals surface area (Å²) in [6.07, 6.45) is -1.26. The number of quaternary nitrogens is 1. The van der Waals surface area contributed by atoms with Gasteiger partial charge in [0.1, 0.15) is 32.3 Å². The number of nitrogens with one attached hydrogen (secondary N) is 2. The molecule has 1 saturated heterocycles. The second kappa shape index (κ2) is 9.18. The van der Waals surface area contributed by atoms with Gasteiger partial charge in [-0.25, -0.2) is 17.9 Å². The maximum Gasteiger partial charge on any atom is 0.421 e. The summed E-state index contributed by atoms with van der Waals surface area (Å²) in [6, 6.07) is 16.4. The van der Waals surface area contributed by atoms with E-state index >= 15 is 0 Å². The van der Waals surface area contributed by atoms with Crippen LogP contribution in [0.3, 0.4) is 0 Å². The molecule has 2 aromatic rings. The molecule has 1 amide bonds. The minimum atomic E-state index is -3.95. The summed E-state index contributed by atoms with van der Waals surface area (Å²) in [5.41, 5.74) is 2.17. The first kappa shape index (κ1) is 20.3. The SMILES string of the molecule is Cc1ccc(S(=O)(=O)NC(=O)OC[C@H]2C[NH+](Cc3ccccc3)CCO2)cc1. The highest BCUT2D eigenvalue weighted by atomic mass is 32.2. The lowest BCUT2D eigenvalue weighted by Crippen LogP contribution is -3.13. The Morgan fingerprint density at radius 2 is 1.89 bits per heavy atom. The Kier molecular flexibility index (Phi) is 6.66. The van der Waals surface area contributed by atoms with E-state index in [2.05, 4.69) is 12.1 Å². The maximum atomic E-state index is 12.2. The van der Waals surface area contributed by atoms with Crippen LogP contribution < -0.4 is 9.62 Å². The smallest absolute Gasteiger partial charge is 0.421 e. The molecule has 3 rings (SSSR count). The highest BCUT2D eigenvalue weighted by Gasteiger charge is 2.26. The van der Waals surface area contributed by atoms with E-state index in [0.717, 1.165) is 18.7 Å². The van der Waals surface area contributed by atoms with Crippen molar-refractivity contribution in [3.8, 4) is 0 Å². The number of rotatable bonds is 6. The van der Waals surface area contributed by atoms with Crippen molar-refractivity contribution in [2.24, 2.45) is 0 Å². The number of hydrogen-bond acceptors (Lipinski definition) is 5. The number of ether oxygens (including phenoxy) is 2. The molecule has 150 valence electrons. The van der Waals surface area contributed by atoms with Crippen LogP contribution in [0.4, 0.5) is 4.79 Å². The molecule has 2 atom stereocenters. The van der Waals surface area contributed by atoms with Crippen LogP contribution in [0.25, 0.3) is 0 Å². The van der Waals surface area contributed by atoms with Crippen molar-refractivity contribution in [3.63, 3.8) is 0 Å². The van der Waals surface area contributed by atoms with Crippen molar-refractivity contribution < 1.29 is 27.6 Å². The Balaban J connectivity index is 1.48. The number of carbonyl (C=O) groups is 1. The molecule has 2 N–H and O–H groups in total. The summed E-state index contributed by atoms with van der Waals surface area (Å²) in [4.78, 5) is 13.3. The minimum Gasteiger partial charge on any atom is -0.446 e. The van der Waals surface area contributed by atoms with E-state index in [1.54, 1.807) is 12.1 Å². The fourth-order valence-corrected chi connectivity index (χ4v) is 3.98. The zero-order valence-corrected chi connectivity index (χ0v) is 16.6. The molecule has 1 heterocycles. The van der Waals surface area contributed by atoms with Crippen LogP contribution in [0.15, 0.2) is 59.5 Å². The standard InChI is InChI=1S/C20H24N2O5S/c1-16-7-9-19(10-8-16)28(24,25)21-20(23)27-15-18-14-22(11-12-26-18)13-17-5-3-2-4-6-17/h2-10,18H,11-15H2,1H3,(H,21,23)/p+1/t18-/m1/s1. The molecule has 7 nitrogen and oxygen atoms in total. The molecule has 1 aliphatic rings. The second-order valence-electron chi connectivity index (χ2n) is 6.88. The summed E-state index contributed by atoms with van der Waals surface area (Å²) in [6.45, 7) is 4.86. The van der Waals surface area contributed by atoms with E-state index < -0.39 is 16.1 Å². The van der Waals surface area contributed by atoms with Gasteiger partial charge in [0, 0.05) is 5.56 Å². The van der Waals surface area contributed by atoms with Gasteiger partial charge < -0.3 is 14.4 Å². The molecule has 0 aliphatic carbocycles. The average Bonchev–Trinajstić information content (AvgIpc) is 2.67. The molecule has 1 fully saturated rings.